The van der Waals surface area contributed by atoms with E-state index in [9.17, 15) is 5.11 Å². The van der Waals surface area contributed by atoms with Crippen LogP contribution in [-0.2, 0) is 0 Å². The third kappa shape index (κ3) is 3.24. The molecule has 0 saturated carbocycles. The second-order valence-electron chi connectivity index (χ2n) is 6.26. The fourth-order valence-electron chi connectivity index (χ4n) is 3.41. The molecule has 1 N–H and O–H groups in total. The normalized spacial score (nSPS) is 18.0. The van der Waals surface area contributed by atoms with Gasteiger partial charge in [0.1, 0.15) is 5.75 Å². The van der Waals surface area contributed by atoms with Gasteiger partial charge in [-0.3, -0.25) is 0 Å². The molecular weight excluding hydrogens is 268 g/mol. The Morgan fingerprint density at radius 2 is 1.86 bits per heavy atom. The zero-order valence-electron chi connectivity index (χ0n) is 13.3. The van der Waals surface area contributed by atoms with Gasteiger partial charge in [-0.25, -0.2) is 0 Å². The van der Waals surface area contributed by atoms with E-state index in [0.29, 0.717) is 5.75 Å². The van der Waals surface area contributed by atoms with E-state index in [1.807, 2.05) is 42.5 Å². The average Bonchev–Trinajstić information content (AvgIpc) is 2.57. The first-order valence-electron chi connectivity index (χ1n) is 8.35. The first-order valence-corrected chi connectivity index (χ1v) is 8.35. The van der Waals surface area contributed by atoms with Gasteiger partial charge in [0.15, 0.2) is 0 Å². The number of phenols is 1. The topological polar surface area (TPSA) is 20.2 Å². The highest BCUT2D eigenvalue weighted by Crippen LogP contribution is 2.36. The van der Waals surface area contributed by atoms with E-state index in [4.69, 9.17) is 0 Å². The molecule has 0 bridgehead atoms. The van der Waals surface area contributed by atoms with E-state index in [-0.39, 0.29) is 0 Å². The molecule has 0 spiro atoms. The fourth-order valence-corrected chi connectivity index (χ4v) is 3.41. The van der Waals surface area contributed by atoms with Crippen LogP contribution in [-0.4, -0.2) is 5.11 Å². The minimum Gasteiger partial charge on any atom is -0.507 e. The number of phenolic OH excluding ortho intramolecular Hbond substituents is 1. The van der Waals surface area contributed by atoms with Crippen molar-refractivity contribution in [2.24, 2.45) is 5.92 Å². The molecule has 1 atom stereocenters. The first-order chi connectivity index (χ1) is 10.8. The highest BCUT2D eigenvalue weighted by Gasteiger charge is 2.15. The van der Waals surface area contributed by atoms with Gasteiger partial charge in [-0.05, 0) is 54.0 Å². The summed E-state index contributed by atoms with van der Waals surface area (Å²) in [6.07, 6.45) is 8.68. The Morgan fingerprint density at radius 3 is 2.55 bits per heavy atom. The second-order valence-corrected chi connectivity index (χ2v) is 6.26. The molecular formula is C21H24O. The van der Waals surface area contributed by atoms with Gasteiger partial charge < -0.3 is 5.11 Å². The van der Waals surface area contributed by atoms with Crippen LogP contribution in [0.2, 0.25) is 0 Å². The monoisotopic (exact) mass is 292 g/mol. The van der Waals surface area contributed by atoms with Gasteiger partial charge in [0, 0.05) is 5.56 Å². The summed E-state index contributed by atoms with van der Waals surface area (Å²) in [7, 11) is 0. The molecule has 0 radical (unpaired) electrons. The summed E-state index contributed by atoms with van der Waals surface area (Å²) < 4.78 is 0. The van der Waals surface area contributed by atoms with Crippen LogP contribution in [0.5, 0.6) is 5.75 Å². The molecule has 1 aliphatic rings. The zero-order valence-corrected chi connectivity index (χ0v) is 13.3. The van der Waals surface area contributed by atoms with Crippen molar-refractivity contribution in [1.29, 1.82) is 0 Å². The van der Waals surface area contributed by atoms with E-state index in [1.54, 1.807) is 0 Å². The van der Waals surface area contributed by atoms with E-state index in [0.717, 1.165) is 23.5 Å². The van der Waals surface area contributed by atoms with Gasteiger partial charge >= 0.3 is 0 Å². The average molecular weight is 292 g/mol. The summed E-state index contributed by atoms with van der Waals surface area (Å²) in [5, 5.41) is 10.2. The molecule has 22 heavy (non-hydrogen) atoms. The Labute approximate surface area is 133 Å². The molecule has 0 heterocycles. The molecule has 1 aliphatic carbocycles. The lowest BCUT2D eigenvalue weighted by atomic mass is 9.84. The van der Waals surface area contributed by atoms with Gasteiger partial charge in [-0.1, -0.05) is 62.2 Å². The van der Waals surface area contributed by atoms with Crippen LogP contribution >= 0.6 is 0 Å². The quantitative estimate of drug-likeness (QED) is 0.728. The summed E-state index contributed by atoms with van der Waals surface area (Å²) in [6.45, 7) is 2.27. The summed E-state index contributed by atoms with van der Waals surface area (Å²) in [6, 6.07) is 16.1. The highest BCUT2D eigenvalue weighted by atomic mass is 16.3. The number of aromatic hydroxyl groups is 1. The number of allylic oxidation sites excluding steroid dienone is 2. The van der Waals surface area contributed by atoms with Crippen LogP contribution in [0.15, 0.2) is 54.6 Å². The van der Waals surface area contributed by atoms with Crippen LogP contribution in [0.25, 0.3) is 16.7 Å². The summed E-state index contributed by atoms with van der Waals surface area (Å²) >= 11 is 0. The Morgan fingerprint density at radius 1 is 1.05 bits per heavy atom. The SMILES string of the molecule is CCCC1CC=C(c2ccc(O)c(-c3ccccc3)c2)CC1. The molecule has 2 aromatic rings. The second kappa shape index (κ2) is 6.83. The third-order valence-corrected chi connectivity index (χ3v) is 4.67. The summed E-state index contributed by atoms with van der Waals surface area (Å²) in [5.74, 6) is 1.22. The fraction of sp³-hybridized carbons (Fsp3) is 0.333. The largest absolute Gasteiger partial charge is 0.507 e. The maximum atomic E-state index is 10.2. The summed E-state index contributed by atoms with van der Waals surface area (Å²) in [4.78, 5) is 0. The Bertz CT molecular complexity index is 655. The minimum absolute atomic E-state index is 0.357. The molecule has 0 saturated heterocycles. The highest BCUT2D eigenvalue weighted by molar-refractivity contribution is 5.76. The van der Waals surface area contributed by atoms with Gasteiger partial charge in [0.05, 0.1) is 0 Å². The molecule has 0 fully saturated rings. The lowest BCUT2D eigenvalue weighted by molar-refractivity contribution is 0.445. The van der Waals surface area contributed by atoms with Crippen molar-refractivity contribution < 1.29 is 5.11 Å². The maximum absolute atomic E-state index is 10.2. The van der Waals surface area contributed by atoms with E-state index in [1.165, 1.54) is 36.8 Å². The predicted molar refractivity (Wildman–Crippen MR) is 93.8 cm³/mol. The minimum atomic E-state index is 0.357. The number of hydrogen-bond acceptors (Lipinski definition) is 1. The molecule has 1 heteroatoms. The van der Waals surface area contributed by atoms with Gasteiger partial charge in [0.25, 0.3) is 0 Å². The van der Waals surface area contributed by atoms with Crippen molar-refractivity contribution >= 4 is 5.57 Å². The van der Waals surface area contributed by atoms with Crippen molar-refractivity contribution in [3.05, 3.63) is 60.2 Å². The van der Waals surface area contributed by atoms with Crippen molar-refractivity contribution in [2.75, 3.05) is 0 Å². The van der Waals surface area contributed by atoms with Crippen molar-refractivity contribution in [1.82, 2.24) is 0 Å². The Kier molecular flexibility index (Phi) is 4.62. The maximum Gasteiger partial charge on any atom is 0.123 e. The molecule has 0 aromatic heterocycles. The van der Waals surface area contributed by atoms with Gasteiger partial charge in [-0.15, -0.1) is 0 Å². The molecule has 0 amide bonds. The van der Waals surface area contributed by atoms with E-state index in [2.05, 4.69) is 19.1 Å². The number of hydrogen-bond donors (Lipinski definition) is 1. The number of rotatable bonds is 4. The number of benzene rings is 2. The zero-order chi connectivity index (χ0) is 15.4. The van der Waals surface area contributed by atoms with Crippen LogP contribution in [0.4, 0.5) is 0 Å². The first kappa shape index (κ1) is 14.9. The smallest absolute Gasteiger partial charge is 0.123 e. The van der Waals surface area contributed by atoms with Gasteiger partial charge in [-0.2, -0.15) is 0 Å². The molecule has 114 valence electrons. The lowest BCUT2D eigenvalue weighted by Gasteiger charge is -2.22. The van der Waals surface area contributed by atoms with Crippen molar-refractivity contribution in [3.8, 4) is 16.9 Å². The predicted octanol–water partition coefficient (Wildman–Crippen LogP) is 6.04. The van der Waals surface area contributed by atoms with E-state index >= 15 is 0 Å². The Balaban J connectivity index is 1.87. The van der Waals surface area contributed by atoms with Gasteiger partial charge in [0.2, 0.25) is 0 Å². The van der Waals surface area contributed by atoms with Crippen LogP contribution in [0, 0.1) is 5.92 Å². The van der Waals surface area contributed by atoms with Crippen LogP contribution in [0.3, 0.4) is 0 Å². The molecule has 1 nitrogen and oxygen atoms in total. The Hall–Kier alpha value is -2.02. The summed E-state index contributed by atoms with van der Waals surface area (Å²) in [5.41, 5.74) is 4.69. The molecule has 2 aromatic carbocycles. The standard InChI is InChI=1S/C21H24O/c1-2-6-16-9-11-17(12-10-16)19-13-14-21(22)20(15-19)18-7-4-3-5-8-18/h3-5,7-8,11,13-16,22H,2,6,9-10,12H2,1H3. The lowest BCUT2D eigenvalue weighted by Crippen LogP contribution is -2.05. The van der Waals surface area contributed by atoms with Crippen LogP contribution < -0.4 is 0 Å². The van der Waals surface area contributed by atoms with Crippen LogP contribution in [0.1, 0.15) is 44.6 Å². The van der Waals surface area contributed by atoms with Crippen molar-refractivity contribution in [2.45, 2.75) is 39.0 Å². The molecule has 1 unspecified atom stereocenters. The molecule has 3 rings (SSSR count). The van der Waals surface area contributed by atoms with Crippen molar-refractivity contribution in [3.63, 3.8) is 0 Å². The third-order valence-electron chi connectivity index (χ3n) is 4.67. The molecule has 0 aliphatic heterocycles. The van der Waals surface area contributed by atoms with E-state index < -0.39 is 0 Å².